The second-order valence-corrected chi connectivity index (χ2v) is 6.26. The summed E-state index contributed by atoms with van der Waals surface area (Å²) in [7, 11) is 0. The largest absolute Gasteiger partial charge is 0.313 e. The third-order valence-electron chi connectivity index (χ3n) is 4.98. The maximum atomic E-state index is 4.53. The number of piperidine rings is 1. The van der Waals surface area contributed by atoms with Crippen LogP contribution in [0.25, 0.3) is 0 Å². The van der Waals surface area contributed by atoms with Crippen molar-refractivity contribution in [3.63, 3.8) is 0 Å². The smallest absolute Gasteiger partial charge is 0.136 e. The van der Waals surface area contributed by atoms with Crippen LogP contribution in [-0.2, 0) is 13.0 Å². The minimum absolute atomic E-state index is 0.644. The molecule has 4 rings (SSSR count). The number of nitrogens with one attached hydrogen (secondary N) is 1. The molecule has 3 aliphatic rings. The number of hydrogen-bond donors (Lipinski definition) is 1. The molecule has 1 aromatic heterocycles. The van der Waals surface area contributed by atoms with Gasteiger partial charge in [0.2, 0.25) is 0 Å². The molecule has 2 fully saturated rings. The average Bonchev–Trinajstić information content (AvgIpc) is 2.98. The fraction of sp³-hybridized carbons (Fsp3) is 0.857. The summed E-state index contributed by atoms with van der Waals surface area (Å²) < 4.78 is 2.46. The quantitative estimate of drug-likeness (QED) is 0.824. The van der Waals surface area contributed by atoms with E-state index >= 15 is 0 Å². The summed E-state index contributed by atoms with van der Waals surface area (Å²) in [6.07, 6.45) is 10.5. The topological polar surface area (TPSA) is 42.7 Å². The van der Waals surface area contributed by atoms with Crippen LogP contribution in [0.2, 0.25) is 0 Å². The number of hydrogen-bond acceptors (Lipinski definition) is 3. The van der Waals surface area contributed by atoms with Gasteiger partial charge >= 0.3 is 0 Å². The molecule has 0 spiro atoms. The van der Waals surface area contributed by atoms with E-state index in [9.17, 15) is 0 Å². The second kappa shape index (κ2) is 4.34. The van der Waals surface area contributed by atoms with E-state index in [2.05, 4.69) is 20.1 Å². The highest BCUT2D eigenvalue weighted by atomic mass is 15.3. The normalized spacial score (nSPS) is 32.2. The second-order valence-electron chi connectivity index (χ2n) is 6.26. The first kappa shape index (κ1) is 11.0. The lowest BCUT2D eigenvalue weighted by molar-refractivity contribution is 0.312. The molecule has 0 amide bonds. The number of aromatic nitrogens is 3. The highest BCUT2D eigenvalue weighted by Crippen LogP contribution is 2.34. The lowest BCUT2D eigenvalue weighted by Crippen LogP contribution is -2.43. The summed E-state index contributed by atoms with van der Waals surface area (Å²) in [4.78, 5) is 0. The van der Waals surface area contributed by atoms with Gasteiger partial charge in [-0.2, -0.15) is 0 Å². The van der Waals surface area contributed by atoms with Crippen molar-refractivity contribution in [2.45, 2.75) is 75.9 Å². The molecule has 1 saturated carbocycles. The van der Waals surface area contributed by atoms with Crippen LogP contribution in [0.15, 0.2) is 0 Å². The van der Waals surface area contributed by atoms with Gasteiger partial charge < -0.3 is 9.88 Å². The Bertz CT molecular complexity index is 433. The molecular formula is C14H22N4. The Morgan fingerprint density at radius 2 is 1.78 bits per heavy atom. The summed E-state index contributed by atoms with van der Waals surface area (Å²) in [5.41, 5.74) is 0. The van der Waals surface area contributed by atoms with Gasteiger partial charge in [0, 0.05) is 31.0 Å². The van der Waals surface area contributed by atoms with Gasteiger partial charge in [-0.1, -0.05) is 19.3 Å². The first-order chi connectivity index (χ1) is 8.90. The molecule has 2 aliphatic heterocycles. The van der Waals surface area contributed by atoms with Crippen molar-refractivity contribution < 1.29 is 0 Å². The van der Waals surface area contributed by atoms with Crippen LogP contribution in [-0.4, -0.2) is 26.8 Å². The molecule has 2 unspecified atom stereocenters. The SMILES string of the molecule is C1CC2Cc3nnc(C4CCCC4)n3CC(C1)N2. The summed E-state index contributed by atoms with van der Waals surface area (Å²) in [6, 6.07) is 1.30. The maximum Gasteiger partial charge on any atom is 0.136 e. The summed E-state index contributed by atoms with van der Waals surface area (Å²) in [6.45, 7) is 1.10. The van der Waals surface area contributed by atoms with Gasteiger partial charge in [0.1, 0.15) is 11.6 Å². The Labute approximate surface area is 108 Å². The van der Waals surface area contributed by atoms with E-state index in [1.165, 1.54) is 56.6 Å². The van der Waals surface area contributed by atoms with Crippen LogP contribution in [0.1, 0.15) is 62.5 Å². The van der Waals surface area contributed by atoms with Crippen LogP contribution in [0.5, 0.6) is 0 Å². The zero-order valence-electron chi connectivity index (χ0n) is 10.9. The minimum Gasteiger partial charge on any atom is -0.313 e. The Kier molecular flexibility index (Phi) is 2.64. The zero-order valence-corrected chi connectivity index (χ0v) is 10.9. The van der Waals surface area contributed by atoms with Crippen molar-refractivity contribution in [2.75, 3.05) is 0 Å². The number of rotatable bonds is 1. The number of nitrogens with zero attached hydrogens (tertiary/aromatic N) is 3. The molecule has 1 aromatic rings. The summed E-state index contributed by atoms with van der Waals surface area (Å²) >= 11 is 0. The molecular weight excluding hydrogens is 224 g/mol. The van der Waals surface area contributed by atoms with Crippen LogP contribution < -0.4 is 5.32 Å². The monoisotopic (exact) mass is 246 g/mol. The molecule has 18 heavy (non-hydrogen) atoms. The lowest BCUT2D eigenvalue weighted by Gasteiger charge is -2.28. The van der Waals surface area contributed by atoms with Crippen LogP contribution >= 0.6 is 0 Å². The fourth-order valence-corrected chi connectivity index (χ4v) is 4.04. The van der Waals surface area contributed by atoms with Crippen molar-refractivity contribution in [3.8, 4) is 0 Å². The molecule has 4 heteroatoms. The summed E-state index contributed by atoms with van der Waals surface area (Å²) in [5, 5.41) is 12.8. The Hall–Kier alpha value is -0.900. The van der Waals surface area contributed by atoms with Crippen LogP contribution in [0.4, 0.5) is 0 Å². The fourth-order valence-electron chi connectivity index (χ4n) is 4.04. The van der Waals surface area contributed by atoms with Crippen molar-refractivity contribution in [3.05, 3.63) is 11.6 Å². The molecule has 1 saturated heterocycles. The van der Waals surface area contributed by atoms with Gasteiger partial charge in [-0.25, -0.2) is 0 Å². The van der Waals surface area contributed by atoms with Gasteiger partial charge in [0.15, 0.2) is 0 Å². The van der Waals surface area contributed by atoms with E-state index in [-0.39, 0.29) is 0 Å². The minimum atomic E-state index is 0.644. The predicted molar refractivity (Wildman–Crippen MR) is 69.5 cm³/mol. The Morgan fingerprint density at radius 1 is 0.944 bits per heavy atom. The molecule has 1 N–H and O–H groups in total. The van der Waals surface area contributed by atoms with E-state index < -0.39 is 0 Å². The van der Waals surface area contributed by atoms with Crippen molar-refractivity contribution >= 4 is 0 Å². The Morgan fingerprint density at radius 3 is 2.67 bits per heavy atom. The van der Waals surface area contributed by atoms with Gasteiger partial charge in [0.05, 0.1) is 0 Å². The standard InChI is InChI=1S/C14H22N4/c1-2-5-10(4-1)14-17-16-13-8-11-6-3-7-12(15-11)9-18(13)14/h10-12,15H,1-9H2. The average molecular weight is 246 g/mol. The highest BCUT2D eigenvalue weighted by molar-refractivity contribution is 5.08. The van der Waals surface area contributed by atoms with Crippen molar-refractivity contribution in [1.29, 1.82) is 0 Å². The molecule has 0 aromatic carbocycles. The predicted octanol–water partition coefficient (Wildman–Crippen LogP) is 2.00. The van der Waals surface area contributed by atoms with Gasteiger partial charge in [-0.05, 0) is 25.7 Å². The van der Waals surface area contributed by atoms with Crippen LogP contribution in [0, 0.1) is 0 Å². The first-order valence-corrected chi connectivity index (χ1v) is 7.58. The lowest BCUT2D eigenvalue weighted by atomic mass is 9.98. The first-order valence-electron chi connectivity index (χ1n) is 7.58. The molecule has 3 heterocycles. The Balaban J connectivity index is 1.68. The maximum absolute atomic E-state index is 4.53. The third-order valence-corrected chi connectivity index (χ3v) is 4.98. The zero-order chi connectivity index (χ0) is 11.9. The number of fused-ring (bicyclic) bond motifs is 3. The summed E-state index contributed by atoms with van der Waals surface area (Å²) in [5.74, 6) is 3.21. The van der Waals surface area contributed by atoms with E-state index in [0.717, 1.165) is 13.0 Å². The molecule has 0 radical (unpaired) electrons. The van der Waals surface area contributed by atoms with Gasteiger partial charge in [-0.3, -0.25) is 0 Å². The highest BCUT2D eigenvalue weighted by Gasteiger charge is 2.31. The third kappa shape index (κ3) is 1.78. The molecule has 2 atom stereocenters. The molecule has 2 bridgehead atoms. The van der Waals surface area contributed by atoms with Gasteiger partial charge in [-0.15, -0.1) is 10.2 Å². The van der Waals surface area contributed by atoms with Gasteiger partial charge in [0.25, 0.3) is 0 Å². The van der Waals surface area contributed by atoms with E-state index in [1.54, 1.807) is 0 Å². The van der Waals surface area contributed by atoms with E-state index in [1.807, 2.05) is 0 Å². The molecule has 98 valence electrons. The van der Waals surface area contributed by atoms with Crippen molar-refractivity contribution in [2.24, 2.45) is 0 Å². The molecule has 4 nitrogen and oxygen atoms in total. The van der Waals surface area contributed by atoms with E-state index in [0.29, 0.717) is 18.0 Å². The van der Waals surface area contributed by atoms with E-state index in [4.69, 9.17) is 0 Å². The van der Waals surface area contributed by atoms with Crippen LogP contribution in [0.3, 0.4) is 0 Å². The molecule has 1 aliphatic carbocycles. The van der Waals surface area contributed by atoms with Crippen molar-refractivity contribution in [1.82, 2.24) is 20.1 Å².